The highest BCUT2D eigenvalue weighted by Gasteiger charge is 2.22. The molecule has 0 unspecified atom stereocenters. The summed E-state index contributed by atoms with van der Waals surface area (Å²) in [6.07, 6.45) is 2.88. The van der Waals surface area contributed by atoms with Gasteiger partial charge < -0.3 is 5.11 Å². The Bertz CT molecular complexity index is 369. The van der Waals surface area contributed by atoms with Crippen molar-refractivity contribution in [3.05, 3.63) is 35.6 Å². The van der Waals surface area contributed by atoms with Gasteiger partial charge in [0, 0.05) is 18.2 Å². The van der Waals surface area contributed by atoms with Crippen molar-refractivity contribution >= 4 is 0 Å². The minimum atomic E-state index is -0.725. The van der Waals surface area contributed by atoms with E-state index in [0.717, 1.165) is 6.54 Å². The lowest BCUT2D eigenvalue weighted by molar-refractivity contribution is 0.0713. The van der Waals surface area contributed by atoms with Crippen molar-refractivity contribution in [2.24, 2.45) is 0 Å². The van der Waals surface area contributed by atoms with Crippen LogP contribution in [0.5, 0.6) is 0 Å². The molecule has 1 saturated heterocycles. The molecule has 0 bridgehead atoms. The third-order valence-electron chi connectivity index (χ3n) is 3.61. The van der Waals surface area contributed by atoms with Gasteiger partial charge >= 0.3 is 0 Å². The second-order valence-electron chi connectivity index (χ2n) is 4.88. The molecular formula is C14H20FNO. The average molecular weight is 237 g/mol. The zero-order chi connectivity index (χ0) is 12.3. The Kier molecular flexibility index (Phi) is 4.13. The zero-order valence-electron chi connectivity index (χ0n) is 10.3. The first-order valence-electron chi connectivity index (χ1n) is 6.35. The van der Waals surface area contributed by atoms with Crippen LogP contribution in [0.2, 0.25) is 0 Å². The van der Waals surface area contributed by atoms with Gasteiger partial charge in [-0.15, -0.1) is 0 Å². The fourth-order valence-corrected chi connectivity index (χ4v) is 2.49. The molecule has 1 aliphatic rings. The van der Waals surface area contributed by atoms with Crippen LogP contribution in [-0.4, -0.2) is 29.1 Å². The van der Waals surface area contributed by atoms with Gasteiger partial charge in [0.1, 0.15) is 5.82 Å². The van der Waals surface area contributed by atoms with E-state index in [4.69, 9.17) is 0 Å². The van der Waals surface area contributed by atoms with E-state index in [1.54, 1.807) is 18.2 Å². The normalized spacial score (nSPS) is 23.6. The van der Waals surface area contributed by atoms with Crippen LogP contribution in [0, 0.1) is 5.82 Å². The Balaban J connectivity index is 2.01. The number of halogens is 1. The topological polar surface area (TPSA) is 23.5 Å². The number of likely N-dealkylation sites (tertiary alicyclic amines) is 1. The van der Waals surface area contributed by atoms with Gasteiger partial charge in [0.05, 0.1) is 6.10 Å². The number of aliphatic hydroxyl groups is 1. The summed E-state index contributed by atoms with van der Waals surface area (Å²) in [5.41, 5.74) is 0.408. The first kappa shape index (κ1) is 12.5. The number of β-amino-alcohol motifs (C(OH)–C–C–N with tert-alkyl or cyclic N) is 1. The fraction of sp³-hybridized carbons (Fsp3) is 0.571. The monoisotopic (exact) mass is 237 g/mol. The lowest BCUT2D eigenvalue weighted by Crippen LogP contribution is -2.40. The molecule has 94 valence electrons. The molecule has 17 heavy (non-hydrogen) atoms. The van der Waals surface area contributed by atoms with Crippen LogP contribution < -0.4 is 0 Å². The van der Waals surface area contributed by atoms with Gasteiger partial charge in [-0.2, -0.15) is 0 Å². The molecule has 1 fully saturated rings. The molecule has 1 aromatic rings. The van der Waals surface area contributed by atoms with Gasteiger partial charge in [-0.1, -0.05) is 24.6 Å². The van der Waals surface area contributed by atoms with Crippen LogP contribution in [0.3, 0.4) is 0 Å². The number of hydrogen-bond donors (Lipinski definition) is 1. The molecule has 0 radical (unpaired) electrons. The van der Waals surface area contributed by atoms with Gasteiger partial charge in [-0.3, -0.25) is 4.90 Å². The Morgan fingerprint density at radius 3 is 2.88 bits per heavy atom. The molecule has 1 aliphatic heterocycles. The summed E-state index contributed by atoms with van der Waals surface area (Å²) in [4.78, 5) is 2.25. The molecule has 0 aromatic heterocycles. The van der Waals surface area contributed by atoms with Crippen molar-refractivity contribution in [3.8, 4) is 0 Å². The third-order valence-corrected chi connectivity index (χ3v) is 3.61. The van der Waals surface area contributed by atoms with Crippen molar-refractivity contribution in [2.75, 3.05) is 13.1 Å². The van der Waals surface area contributed by atoms with Crippen molar-refractivity contribution in [3.63, 3.8) is 0 Å². The van der Waals surface area contributed by atoms with Crippen LogP contribution in [0.25, 0.3) is 0 Å². The average Bonchev–Trinajstić information content (AvgIpc) is 2.32. The smallest absolute Gasteiger partial charge is 0.129 e. The largest absolute Gasteiger partial charge is 0.387 e. The Hall–Kier alpha value is -0.930. The third kappa shape index (κ3) is 3.05. The summed E-state index contributed by atoms with van der Waals surface area (Å²) < 4.78 is 13.5. The molecule has 2 nitrogen and oxygen atoms in total. The second kappa shape index (κ2) is 5.61. The van der Waals surface area contributed by atoms with E-state index in [9.17, 15) is 9.50 Å². The minimum absolute atomic E-state index is 0.315. The molecule has 2 atom stereocenters. The van der Waals surface area contributed by atoms with E-state index < -0.39 is 6.10 Å². The second-order valence-corrected chi connectivity index (χ2v) is 4.88. The molecule has 1 heterocycles. The minimum Gasteiger partial charge on any atom is -0.387 e. The maximum atomic E-state index is 13.5. The van der Waals surface area contributed by atoms with Crippen LogP contribution in [0.15, 0.2) is 24.3 Å². The molecule has 1 aromatic carbocycles. The standard InChI is InChI=1S/C14H20FNO/c1-11-6-4-5-9-16(11)10-14(17)12-7-2-3-8-13(12)15/h2-3,7-8,11,14,17H,4-6,9-10H2,1H3/t11-,14+/m0/s1. The predicted octanol–water partition coefficient (Wildman–Crippen LogP) is 2.73. The predicted molar refractivity (Wildman–Crippen MR) is 66.2 cm³/mol. The summed E-state index contributed by atoms with van der Waals surface area (Å²) in [6.45, 7) is 3.71. The van der Waals surface area contributed by atoms with E-state index >= 15 is 0 Å². The lowest BCUT2D eigenvalue weighted by Gasteiger charge is -2.34. The van der Waals surface area contributed by atoms with E-state index in [2.05, 4.69) is 11.8 Å². The van der Waals surface area contributed by atoms with Crippen LogP contribution in [-0.2, 0) is 0 Å². The Morgan fingerprint density at radius 2 is 2.18 bits per heavy atom. The molecule has 0 amide bonds. The molecule has 0 saturated carbocycles. The van der Waals surface area contributed by atoms with E-state index in [-0.39, 0.29) is 5.82 Å². The number of nitrogens with zero attached hydrogens (tertiary/aromatic N) is 1. The van der Waals surface area contributed by atoms with Crippen molar-refractivity contribution in [1.82, 2.24) is 4.90 Å². The number of piperidine rings is 1. The summed E-state index contributed by atoms with van der Waals surface area (Å²) in [5.74, 6) is -0.315. The van der Waals surface area contributed by atoms with E-state index in [1.807, 2.05) is 0 Å². The molecule has 2 rings (SSSR count). The Morgan fingerprint density at radius 1 is 1.41 bits per heavy atom. The maximum Gasteiger partial charge on any atom is 0.129 e. The van der Waals surface area contributed by atoms with Crippen molar-refractivity contribution in [2.45, 2.75) is 38.3 Å². The fourth-order valence-electron chi connectivity index (χ4n) is 2.49. The highest BCUT2D eigenvalue weighted by atomic mass is 19.1. The molecule has 0 spiro atoms. The van der Waals surface area contributed by atoms with E-state index in [0.29, 0.717) is 18.2 Å². The quantitative estimate of drug-likeness (QED) is 0.873. The van der Waals surface area contributed by atoms with E-state index in [1.165, 1.54) is 25.3 Å². The highest BCUT2D eigenvalue weighted by molar-refractivity contribution is 5.20. The number of aliphatic hydroxyl groups excluding tert-OH is 1. The first-order chi connectivity index (χ1) is 8.18. The zero-order valence-corrected chi connectivity index (χ0v) is 10.3. The molecule has 3 heteroatoms. The molecular weight excluding hydrogens is 217 g/mol. The van der Waals surface area contributed by atoms with Crippen molar-refractivity contribution in [1.29, 1.82) is 0 Å². The van der Waals surface area contributed by atoms with Gasteiger partial charge in [-0.25, -0.2) is 4.39 Å². The van der Waals surface area contributed by atoms with Crippen LogP contribution in [0.4, 0.5) is 4.39 Å². The summed E-state index contributed by atoms with van der Waals surface area (Å²) in [7, 11) is 0. The maximum absolute atomic E-state index is 13.5. The number of rotatable bonds is 3. The van der Waals surface area contributed by atoms with Crippen LogP contribution in [0.1, 0.15) is 37.9 Å². The number of hydrogen-bond acceptors (Lipinski definition) is 2. The molecule has 0 aliphatic carbocycles. The van der Waals surface area contributed by atoms with Crippen molar-refractivity contribution < 1.29 is 9.50 Å². The van der Waals surface area contributed by atoms with Gasteiger partial charge in [0.25, 0.3) is 0 Å². The summed E-state index contributed by atoms with van der Waals surface area (Å²) >= 11 is 0. The molecule has 1 N–H and O–H groups in total. The number of benzene rings is 1. The highest BCUT2D eigenvalue weighted by Crippen LogP contribution is 2.22. The summed E-state index contributed by atoms with van der Waals surface area (Å²) in [6, 6.07) is 6.97. The van der Waals surface area contributed by atoms with Gasteiger partial charge in [-0.05, 0) is 32.4 Å². The van der Waals surface area contributed by atoms with Crippen LogP contribution >= 0.6 is 0 Å². The lowest BCUT2D eigenvalue weighted by atomic mass is 10.0. The summed E-state index contributed by atoms with van der Waals surface area (Å²) in [5, 5.41) is 10.1. The SMILES string of the molecule is C[C@H]1CCCCN1C[C@@H](O)c1ccccc1F. The first-order valence-corrected chi connectivity index (χ1v) is 6.35. The van der Waals surface area contributed by atoms with Gasteiger partial charge in [0.15, 0.2) is 0 Å². The Labute approximate surface area is 102 Å². The van der Waals surface area contributed by atoms with Gasteiger partial charge in [0.2, 0.25) is 0 Å².